The monoisotopic (exact) mass is 359 g/mol. The van der Waals surface area contributed by atoms with Crippen molar-refractivity contribution in [1.82, 2.24) is 5.32 Å². The molecular formula is C21H29NO4. The zero-order chi connectivity index (χ0) is 18.7. The van der Waals surface area contributed by atoms with Gasteiger partial charge in [0.1, 0.15) is 0 Å². The van der Waals surface area contributed by atoms with Gasteiger partial charge < -0.3 is 19.9 Å². The second kappa shape index (κ2) is 5.88. The Hall–Kier alpha value is -1.75. The first-order valence-corrected chi connectivity index (χ1v) is 9.55. The van der Waals surface area contributed by atoms with Crippen LogP contribution < -0.4 is 10.1 Å². The number of phenols is 1. The fraction of sp³-hybridized carbons (Fsp3) is 0.667. The second-order valence-electron chi connectivity index (χ2n) is 8.90. The average molecular weight is 359 g/mol. The minimum atomic E-state index is -0.0180. The van der Waals surface area contributed by atoms with Crippen LogP contribution in [0.4, 0.5) is 0 Å². The van der Waals surface area contributed by atoms with E-state index in [2.05, 4.69) is 19.2 Å². The highest BCUT2D eigenvalue weighted by molar-refractivity contribution is 5.73. The number of nitrogens with one attached hydrogen (secondary N) is 1. The largest absolute Gasteiger partial charge is 0.504 e. The van der Waals surface area contributed by atoms with Crippen molar-refractivity contribution in [3.8, 4) is 11.5 Å². The molecule has 2 N–H and O–H groups in total. The SMILES string of the molecule is COc1cc([C@H]2OCCC34C[C@@H](C[C@H]23)C(C)(C)[C@@H]4NC(C)=O)ccc1O. The fourth-order valence-corrected chi connectivity index (χ4v) is 6.19. The number of benzene rings is 1. The van der Waals surface area contributed by atoms with Crippen LogP contribution in [-0.2, 0) is 9.53 Å². The van der Waals surface area contributed by atoms with Crippen molar-refractivity contribution in [1.29, 1.82) is 0 Å². The smallest absolute Gasteiger partial charge is 0.217 e. The molecule has 0 radical (unpaired) electrons. The lowest BCUT2D eigenvalue weighted by atomic mass is 9.59. The van der Waals surface area contributed by atoms with Gasteiger partial charge in [0.15, 0.2) is 11.5 Å². The molecule has 1 heterocycles. The average Bonchev–Trinajstić information content (AvgIpc) is 3.08. The van der Waals surface area contributed by atoms with Gasteiger partial charge in [-0.1, -0.05) is 19.9 Å². The van der Waals surface area contributed by atoms with E-state index in [0.29, 0.717) is 24.2 Å². The first-order chi connectivity index (χ1) is 12.3. The van der Waals surface area contributed by atoms with Crippen LogP contribution in [-0.4, -0.2) is 30.8 Å². The van der Waals surface area contributed by atoms with Crippen LogP contribution in [0.5, 0.6) is 11.5 Å². The molecule has 142 valence electrons. The Morgan fingerprint density at radius 3 is 2.85 bits per heavy atom. The Kier molecular flexibility index (Phi) is 3.99. The van der Waals surface area contributed by atoms with Gasteiger partial charge in [-0.15, -0.1) is 0 Å². The van der Waals surface area contributed by atoms with Gasteiger partial charge >= 0.3 is 0 Å². The van der Waals surface area contributed by atoms with E-state index in [4.69, 9.17) is 9.47 Å². The number of carbonyl (C=O) groups excluding carboxylic acids is 1. The molecule has 1 saturated heterocycles. The summed E-state index contributed by atoms with van der Waals surface area (Å²) >= 11 is 0. The maximum absolute atomic E-state index is 11.9. The van der Waals surface area contributed by atoms with Crippen LogP contribution in [0.25, 0.3) is 0 Å². The third-order valence-corrected chi connectivity index (χ3v) is 7.38. The number of fused-ring (bicyclic) bond motifs is 1. The van der Waals surface area contributed by atoms with Crippen molar-refractivity contribution in [2.75, 3.05) is 13.7 Å². The molecule has 1 amide bonds. The molecule has 3 fully saturated rings. The van der Waals surface area contributed by atoms with E-state index in [-0.39, 0.29) is 34.6 Å². The predicted octanol–water partition coefficient (Wildman–Crippen LogP) is 3.42. The maximum Gasteiger partial charge on any atom is 0.217 e. The molecular weight excluding hydrogens is 330 g/mol. The van der Waals surface area contributed by atoms with Crippen LogP contribution in [0.2, 0.25) is 0 Å². The molecule has 1 aromatic carbocycles. The van der Waals surface area contributed by atoms with E-state index < -0.39 is 0 Å². The summed E-state index contributed by atoms with van der Waals surface area (Å²) in [6.45, 7) is 6.92. The van der Waals surface area contributed by atoms with Crippen molar-refractivity contribution in [2.24, 2.45) is 22.7 Å². The molecule has 4 rings (SSSR count). The summed E-state index contributed by atoms with van der Waals surface area (Å²) in [6.07, 6.45) is 3.26. The number of aromatic hydroxyl groups is 1. The van der Waals surface area contributed by atoms with E-state index in [1.807, 2.05) is 12.1 Å². The lowest BCUT2D eigenvalue weighted by Gasteiger charge is -2.53. The Morgan fingerprint density at radius 1 is 1.38 bits per heavy atom. The third kappa shape index (κ3) is 2.36. The van der Waals surface area contributed by atoms with Crippen molar-refractivity contribution in [2.45, 2.75) is 52.2 Å². The van der Waals surface area contributed by atoms with Crippen molar-refractivity contribution >= 4 is 5.91 Å². The Bertz CT molecular complexity index is 731. The molecule has 2 saturated carbocycles. The first-order valence-electron chi connectivity index (χ1n) is 9.55. The number of hydrogen-bond donors (Lipinski definition) is 2. The van der Waals surface area contributed by atoms with Gasteiger partial charge in [0.25, 0.3) is 0 Å². The number of ether oxygens (including phenoxy) is 2. The van der Waals surface area contributed by atoms with Gasteiger partial charge in [-0.3, -0.25) is 4.79 Å². The molecule has 3 aliphatic rings. The van der Waals surface area contributed by atoms with Gasteiger partial charge in [-0.25, -0.2) is 0 Å². The summed E-state index contributed by atoms with van der Waals surface area (Å²) in [4.78, 5) is 11.9. The van der Waals surface area contributed by atoms with E-state index in [9.17, 15) is 9.90 Å². The second-order valence-corrected chi connectivity index (χ2v) is 8.90. The Labute approximate surface area is 155 Å². The van der Waals surface area contributed by atoms with Crippen molar-refractivity contribution < 1.29 is 19.4 Å². The normalized spacial score (nSPS) is 37.2. The zero-order valence-corrected chi connectivity index (χ0v) is 16.0. The van der Waals surface area contributed by atoms with Crippen LogP contribution in [0.1, 0.15) is 51.7 Å². The lowest BCUT2D eigenvalue weighted by Crippen LogP contribution is -2.58. The van der Waals surface area contributed by atoms with Gasteiger partial charge in [-0.2, -0.15) is 0 Å². The van der Waals surface area contributed by atoms with Crippen LogP contribution in [0.3, 0.4) is 0 Å². The molecule has 26 heavy (non-hydrogen) atoms. The minimum absolute atomic E-state index is 0.0180. The molecule has 1 unspecified atom stereocenters. The summed E-state index contributed by atoms with van der Waals surface area (Å²) in [5.74, 6) is 1.64. The molecule has 5 atom stereocenters. The maximum atomic E-state index is 11.9. The van der Waals surface area contributed by atoms with Gasteiger partial charge in [0.2, 0.25) is 5.91 Å². The van der Waals surface area contributed by atoms with Crippen molar-refractivity contribution in [3.63, 3.8) is 0 Å². The van der Waals surface area contributed by atoms with E-state index in [1.54, 1.807) is 20.1 Å². The topological polar surface area (TPSA) is 67.8 Å². The zero-order valence-electron chi connectivity index (χ0n) is 16.0. The quantitative estimate of drug-likeness (QED) is 0.868. The number of hydrogen-bond acceptors (Lipinski definition) is 4. The highest BCUT2D eigenvalue weighted by Gasteiger charge is 2.68. The number of carbonyl (C=O) groups is 1. The summed E-state index contributed by atoms with van der Waals surface area (Å²) in [5, 5.41) is 13.2. The van der Waals surface area contributed by atoms with Gasteiger partial charge in [-0.05, 0) is 59.6 Å². The Morgan fingerprint density at radius 2 is 2.15 bits per heavy atom. The van der Waals surface area contributed by atoms with E-state index in [1.165, 1.54) is 0 Å². The molecule has 2 aliphatic carbocycles. The number of rotatable bonds is 3. The first kappa shape index (κ1) is 17.7. The highest BCUT2D eigenvalue weighted by Crippen LogP contribution is 2.70. The number of amides is 1. The van der Waals surface area contributed by atoms with Crippen LogP contribution in [0, 0.1) is 22.7 Å². The Balaban J connectivity index is 1.71. The van der Waals surface area contributed by atoms with Gasteiger partial charge in [0, 0.05) is 19.6 Å². The molecule has 1 aromatic rings. The summed E-state index contributed by atoms with van der Waals surface area (Å²) in [7, 11) is 1.56. The van der Waals surface area contributed by atoms with E-state index >= 15 is 0 Å². The number of phenolic OH excluding ortho intramolecular Hbond substituents is 1. The lowest BCUT2D eigenvalue weighted by molar-refractivity contribution is -0.136. The minimum Gasteiger partial charge on any atom is -0.504 e. The highest BCUT2D eigenvalue weighted by atomic mass is 16.5. The molecule has 2 bridgehead atoms. The standard InChI is InChI=1S/C21H29NO4/c1-12(23)22-19-20(2,3)14-10-15-18(26-8-7-21(15,19)11-14)13-5-6-16(24)17(9-13)25-4/h5-6,9,14-15,18-19,24H,7-8,10-11H2,1-4H3,(H,22,23)/t14-,15-,18-,19+,21?/m1/s1. The molecule has 5 nitrogen and oxygen atoms in total. The molecule has 1 aliphatic heterocycles. The van der Waals surface area contributed by atoms with Crippen LogP contribution in [0.15, 0.2) is 18.2 Å². The molecule has 5 heteroatoms. The molecule has 0 aromatic heterocycles. The summed E-state index contributed by atoms with van der Waals surface area (Å²) < 4.78 is 11.5. The predicted molar refractivity (Wildman–Crippen MR) is 98.0 cm³/mol. The molecule has 1 spiro atoms. The van der Waals surface area contributed by atoms with Crippen LogP contribution >= 0.6 is 0 Å². The number of methoxy groups -OCH3 is 1. The van der Waals surface area contributed by atoms with E-state index in [0.717, 1.165) is 24.8 Å². The summed E-state index contributed by atoms with van der Waals surface area (Å²) in [5.41, 5.74) is 1.25. The third-order valence-electron chi connectivity index (χ3n) is 7.38. The van der Waals surface area contributed by atoms with Crippen molar-refractivity contribution in [3.05, 3.63) is 23.8 Å². The summed E-state index contributed by atoms with van der Waals surface area (Å²) in [6, 6.07) is 5.69. The fourth-order valence-electron chi connectivity index (χ4n) is 6.19. The van der Waals surface area contributed by atoms with Gasteiger partial charge in [0.05, 0.1) is 13.2 Å².